The van der Waals surface area contributed by atoms with Crippen molar-refractivity contribution < 1.29 is 0 Å². The van der Waals surface area contributed by atoms with Crippen LogP contribution in [-0.4, -0.2) is 24.6 Å². The van der Waals surface area contributed by atoms with Crippen molar-refractivity contribution in [2.45, 2.75) is 31.7 Å². The molecule has 2 rings (SSSR count). The van der Waals surface area contributed by atoms with Gasteiger partial charge in [-0.3, -0.25) is 0 Å². The summed E-state index contributed by atoms with van der Waals surface area (Å²) in [5.74, 6) is 5.00. The molecule has 1 nitrogen and oxygen atoms in total. The van der Waals surface area contributed by atoms with E-state index in [0.717, 1.165) is 17.9 Å². The highest BCUT2D eigenvalue weighted by Crippen LogP contribution is 2.40. The minimum absolute atomic E-state index is 0.851. The molecule has 1 aliphatic heterocycles. The Labute approximate surface area is 79.7 Å². The van der Waals surface area contributed by atoms with Gasteiger partial charge in [-0.05, 0) is 56.1 Å². The Morgan fingerprint density at radius 1 is 1.08 bits per heavy atom. The lowest BCUT2D eigenvalue weighted by Crippen LogP contribution is -2.42. The number of nitrogens with one attached hydrogen (secondary N) is 1. The van der Waals surface area contributed by atoms with E-state index in [4.69, 9.17) is 0 Å². The molecule has 0 aromatic heterocycles. The van der Waals surface area contributed by atoms with Crippen molar-refractivity contribution >= 4 is 11.8 Å². The third kappa shape index (κ3) is 1.80. The van der Waals surface area contributed by atoms with Crippen LogP contribution in [0.25, 0.3) is 0 Å². The fourth-order valence-electron chi connectivity index (χ4n) is 2.47. The summed E-state index contributed by atoms with van der Waals surface area (Å²) in [6, 6.07) is 0.851. The highest BCUT2D eigenvalue weighted by Gasteiger charge is 2.34. The van der Waals surface area contributed by atoms with Gasteiger partial charge in [0.1, 0.15) is 0 Å². The third-order valence-corrected chi connectivity index (χ3v) is 4.56. The topological polar surface area (TPSA) is 12.0 Å². The average molecular weight is 185 g/mol. The van der Waals surface area contributed by atoms with Gasteiger partial charge < -0.3 is 5.32 Å². The Morgan fingerprint density at radius 2 is 1.75 bits per heavy atom. The fourth-order valence-corrected chi connectivity index (χ4v) is 3.61. The molecule has 1 N–H and O–H groups in total. The van der Waals surface area contributed by atoms with Crippen molar-refractivity contribution in [3.63, 3.8) is 0 Å². The van der Waals surface area contributed by atoms with Crippen LogP contribution in [0.3, 0.4) is 0 Å². The summed E-state index contributed by atoms with van der Waals surface area (Å²) < 4.78 is 0. The number of hydrogen-bond acceptors (Lipinski definition) is 2. The second-order valence-electron chi connectivity index (χ2n) is 4.17. The van der Waals surface area contributed by atoms with Gasteiger partial charge in [0.05, 0.1) is 0 Å². The zero-order chi connectivity index (χ0) is 8.39. The summed E-state index contributed by atoms with van der Waals surface area (Å²) in [5, 5.41) is 3.37. The molecule has 0 aromatic rings. The van der Waals surface area contributed by atoms with Gasteiger partial charge in [0, 0.05) is 6.04 Å². The van der Waals surface area contributed by atoms with Crippen molar-refractivity contribution in [2.75, 3.05) is 18.6 Å². The van der Waals surface area contributed by atoms with Crippen LogP contribution in [0, 0.1) is 11.8 Å². The summed E-state index contributed by atoms with van der Waals surface area (Å²) in [4.78, 5) is 0. The van der Waals surface area contributed by atoms with Crippen molar-refractivity contribution in [2.24, 2.45) is 11.8 Å². The molecule has 1 saturated carbocycles. The third-order valence-electron chi connectivity index (χ3n) is 3.52. The maximum Gasteiger partial charge on any atom is 0.00695 e. The smallest absolute Gasteiger partial charge is 0.00695 e. The summed E-state index contributed by atoms with van der Waals surface area (Å²) in [7, 11) is 2.09. The fraction of sp³-hybridized carbons (Fsp3) is 1.00. The van der Waals surface area contributed by atoms with Crippen LogP contribution in [-0.2, 0) is 0 Å². The second kappa shape index (κ2) is 4.01. The standard InChI is InChI=1S/C10H19NS/c1-11-10-6-9(7-10)8-2-4-12-5-3-8/h8-11H,2-7H2,1H3. The van der Waals surface area contributed by atoms with Crippen molar-refractivity contribution in [3.8, 4) is 0 Å². The van der Waals surface area contributed by atoms with Crippen molar-refractivity contribution in [1.29, 1.82) is 0 Å². The van der Waals surface area contributed by atoms with Crippen molar-refractivity contribution in [1.82, 2.24) is 5.32 Å². The van der Waals surface area contributed by atoms with E-state index < -0.39 is 0 Å². The predicted octanol–water partition coefficient (Wildman–Crippen LogP) is 2.13. The molecule has 2 aliphatic rings. The first kappa shape index (κ1) is 8.89. The first-order valence-electron chi connectivity index (χ1n) is 5.15. The van der Waals surface area contributed by atoms with Gasteiger partial charge in [0.25, 0.3) is 0 Å². The van der Waals surface area contributed by atoms with Gasteiger partial charge in [-0.1, -0.05) is 0 Å². The normalized spacial score (nSPS) is 37.8. The molecular weight excluding hydrogens is 166 g/mol. The first-order valence-corrected chi connectivity index (χ1v) is 6.30. The van der Waals surface area contributed by atoms with E-state index in [1.54, 1.807) is 0 Å². The van der Waals surface area contributed by atoms with Crippen LogP contribution in [0.15, 0.2) is 0 Å². The maximum atomic E-state index is 3.37. The van der Waals surface area contributed by atoms with Gasteiger partial charge in [0.15, 0.2) is 0 Å². The Kier molecular flexibility index (Phi) is 2.97. The lowest BCUT2D eigenvalue weighted by atomic mass is 9.70. The van der Waals surface area contributed by atoms with Crippen LogP contribution in [0.5, 0.6) is 0 Å². The molecule has 70 valence electrons. The van der Waals surface area contributed by atoms with Crippen LogP contribution in [0.2, 0.25) is 0 Å². The van der Waals surface area contributed by atoms with Gasteiger partial charge in [-0.25, -0.2) is 0 Å². The summed E-state index contributed by atoms with van der Waals surface area (Å²) in [5.41, 5.74) is 0. The molecule has 0 unspecified atom stereocenters. The number of thioether (sulfide) groups is 1. The van der Waals surface area contributed by atoms with Gasteiger partial charge >= 0.3 is 0 Å². The van der Waals surface area contributed by atoms with Crippen LogP contribution in [0.4, 0.5) is 0 Å². The highest BCUT2D eigenvalue weighted by molar-refractivity contribution is 7.99. The molecule has 0 radical (unpaired) electrons. The maximum absolute atomic E-state index is 3.37. The first-order chi connectivity index (χ1) is 5.90. The predicted molar refractivity (Wildman–Crippen MR) is 55.6 cm³/mol. The average Bonchev–Trinajstić information content (AvgIpc) is 2.04. The van der Waals surface area contributed by atoms with E-state index in [2.05, 4.69) is 24.1 Å². The number of hydrogen-bond donors (Lipinski definition) is 1. The van der Waals surface area contributed by atoms with E-state index in [0.29, 0.717) is 0 Å². The van der Waals surface area contributed by atoms with Crippen LogP contribution >= 0.6 is 11.8 Å². The van der Waals surface area contributed by atoms with Gasteiger partial charge in [-0.2, -0.15) is 11.8 Å². The van der Waals surface area contributed by atoms with Crippen LogP contribution < -0.4 is 5.32 Å². The molecule has 0 amide bonds. The molecule has 1 saturated heterocycles. The molecule has 2 heteroatoms. The molecule has 0 bridgehead atoms. The lowest BCUT2D eigenvalue weighted by Gasteiger charge is -2.41. The Balaban J connectivity index is 1.72. The molecule has 0 aromatic carbocycles. The Bertz CT molecular complexity index is 137. The van der Waals surface area contributed by atoms with E-state index in [9.17, 15) is 0 Å². The zero-order valence-electron chi connectivity index (χ0n) is 7.88. The second-order valence-corrected chi connectivity index (χ2v) is 5.39. The van der Waals surface area contributed by atoms with E-state index in [1.807, 2.05) is 0 Å². The monoisotopic (exact) mass is 185 g/mol. The van der Waals surface area contributed by atoms with E-state index in [1.165, 1.54) is 37.2 Å². The largest absolute Gasteiger partial charge is 0.317 e. The summed E-state index contributed by atoms with van der Waals surface area (Å²) >= 11 is 2.14. The minimum Gasteiger partial charge on any atom is -0.317 e. The molecule has 1 heterocycles. The quantitative estimate of drug-likeness (QED) is 0.707. The van der Waals surface area contributed by atoms with Crippen LogP contribution in [0.1, 0.15) is 25.7 Å². The summed E-state index contributed by atoms with van der Waals surface area (Å²) in [6.07, 6.45) is 5.88. The van der Waals surface area contributed by atoms with E-state index in [-0.39, 0.29) is 0 Å². The Hall–Kier alpha value is 0.310. The molecule has 0 atom stereocenters. The molecule has 0 spiro atoms. The molecule has 1 aliphatic carbocycles. The Morgan fingerprint density at radius 3 is 2.33 bits per heavy atom. The van der Waals surface area contributed by atoms with Crippen molar-refractivity contribution in [3.05, 3.63) is 0 Å². The van der Waals surface area contributed by atoms with E-state index >= 15 is 0 Å². The number of rotatable bonds is 2. The minimum atomic E-state index is 0.851. The summed E-state index contributed by atoms with van der Waals surface area (Å²) in [6.45, 7) is 0. The molecular formula is C10H19NS. The van der Waals surface area contributed by atoms with Gasteiger partial charge in [-0.15, -0.1) is 0 Å². The SMILES string of the molecule is CNC1CC(C2CCSCC2)C1. The molecule has 2 fully saturated rings. The highest BCUT2D eigenvalue weighted by atomic mass is 32.2. The lowest BCUT2D eigenvalue weighted by molar-refractivity contribution is 0.147. The molecule has 12 heavy (non-hydrogen) atoms. The zero-order valence-corrected chi connectivity index (χ0v) is 8.70. The van der Waals surface area contributed by atoms with Gasteiger partial charge in [0.2, 0.25) is 0 Å².